The van der Waals surface area contributed by atoms with Crippen LogP contribution in [0.25, 0.3) is 0 Å². The molecule has 5 nitrogen and oxygen atoms in total. The lowest BCUT2D eigenvalue weighted by Gasteiger charge is -2.11. The fourth-order valence-corrected chi connectivity index (χ4v) is 1.90. The summed E-state index contributed by atoms with van der Waals surface area (Å²) < 4.78 is 14.9. The van der Waals surface area contributed by atoms with Gasteiger partial charge in [0.25, 0.3) is 0 Å². The lowest BCUT2D eigenvalue weighted by molar-refractivity contribution is 0.135. The molecular formula is C9H19NO4Si. The highest BCUT2D eigenvalue weighted by Gasteiger charge is 2.24. The number of alkyl carbamates (subject to hydrolysis) is 1. The molecule has 6 heteroatoms. The van der Waals surface area contributed by atoms with Crippen LogP contribution >= 0.6 is 0 Å². The Bertz CT molecular complexity index is 199. The molecule has 0 radical (unpaired) electrons. The van der Waals surface area contributed by atoms with Crippen molar-refractivity contribution in [3.63, 3.8) is 0 Å². The average Bonchev–Trinajstić information content (AvgIpc) is 3.04. The van der Waals surface area contributed by atoms with Gasteiger partial charge in [-0.3, -0.25) is 0 Å². The number of nitrogens with one attached hydrogen (secondary N) is 1. The van der Waals surface area contributed by atoms with E-state index in [1.54, 1.807) is 7.11 Å². The van der Waals surface area contributed by atoms with Crippen LogP contribution in [0.1, 0.15) is 6.92 Å². The Balaban J connectivity index is 1.94. The third kappa shape index (κ3) is 6.48. The second kappa shape index (κ2) is 6.81. The summed E-state index contributed by atoms with van der Waals surface area (Å²) >= 11 is 0. The molecule has 1 heterocycles. The predicted octanol–water partition coefficient (Wildman–Crippen LogP) is -0.104. The molecule has 0 aromatic heterocycles. The molecular weight excluding hydrogens is 214 g/mol. The molecule has 0 aromatic rings. The summed E-state index contributed by atoms with van der Waals surface area (Å²) in [6.45, 7) is 3.83. The molecule has 1 amide bonds. The van der Waals surface area contributed by atoms with E-state index in [1.165, 1.54) is 0 Å². The van der Waals surface area contributed by atoms with Gasteiger partial charge in [-0.2, -0.15) is 0 Å². The Kier molecular flexibility index (Phi) is 5.67. The Morgan fingerprint density at radius 1 is 1.73 bits per heavy atom. The monoisotopic (exact) mass is 233 g/mol. The first-order valence-corrected chi connectivity index (χ1v) is 6.81. The first kappa shape index (κ1) is 12.5. The Hall–Kier alpha value is -0.593. The fraction of sp³-hybridized carbons (Fsp3) is 0.889. The first-order chi connectivity index (χ1) is 7.22. The van der Waals surface area contributed by atoms with E-state index < -0.39 is 9.76 Å². The number of amides is 1. The summed E-state index contributed by atoms with van der Waals surface area (Å²) in [7, 11) is 1.34. The summed E-state index contributed by atoms with van der Waals surface area (Å²) in [5, 5.41) is 2.72. The maximum absolute atomic E-state index is 11.1. The van der Waals surface area contributed by atoms with Crippen LogP contribution in [0.5, 0.6) is 0 Å². The molecule has 2 unspecified atom stereocenters. The van der Waals surface area contributed by atoms with Crippen LogP contribution in [0.2, 0.25) is 6.04 Å². The van der Waals surface area contributed by atoms with Crippen molar-refractivity contribution in [3.8, 4) is 0 Å². The summed E-state index contributed by atoms with van der Waals surface area (Å²) in [6.07, 6.45) is -0.217. The number of epoxide rings is 1. The van der Waals surface area contributed by atoms with Gasteiger partial charge >= 0.3 is 6.09 Å². The molecule has 1 aliphatic rings. The lowest BCUT2D eigenvalue weighted by Crippen LogP contribution is -2.30. The minimum atomic E-state index is -0.397. The van der Waals surface area contributed by atoms with E-state index >= 15 is 0 Å². The molecule has 1 N–H and O–H groups in total. The molecule has 1 aliphatic heterocycles. The fourth-order valence-electron chi connectivity index (χ4n) is 1.06. The van der Waals surface area contributed by atoms with Gasteiger partial charge in [0.15, 0.2) is 9.76 Å². The third-order valence-corrected chi connectivity index (χ3v) is 3.84. The van der Waals surface area contributed by atoms with Crippen molar-refractivity contribution in [1.82, 2.24) is 5.32 Å². The highest BCUT2D eigenvalue weighted by atomic mass is 28.2. The van der Waals surface area contributed by atoms with Gasteiger partial charge in [-0.25, -0.2) is 4.79 Å². The van der Waals surface area contributed by atoms with Crippen LogP contribution in [0.15, 0.2) is 0 Å². The van der Waals surface area contributed by atoms with Crippen molar-refractivity contribution in [3.05, 3.63) is 0 Å². The second-order valence-electron chi connectivity index (χ2n) is 3.82. The van der Waals surface area contributed by atoms with Crippen LogP contribution in [-0.4, -0.2) is 48.8 Å². The van der Waals surface area contributed by atoms with E-state index in [1.807, 2.05) is 0 Å². The summed E-state index contributed by atoms with van der Waals surface area (Å²) in [6, 6.07) is 1.07. The van der Waals surface area contributed by atoms with E-state index in [9.17, 15) is 4.79 Å². The molecule has 1 fully saturated rings. The van der Waals surface area contributed by atoms with Crippen molar-refractivity contribution in [2.24, 2.45) is 5.92 Å². The second-order valence-corrected chi connectivity index (χ2v) is 5.38. The molecule has 0 saturated carbocycles. The van der Waals surface area contributed by atoms with Crippen LogP contribution in [0, 0.1) is 5.92 Å². The molecule has 0 aliphatic carbocycles. The molecule has 1 rings (SSSR count). The smallest absolute Gasteiger partial charge is 0.407 e. The maximum Gasteiger partial charge on any atom is 0.407 e. The van der Waals surface area contributed by atoms with E-state index in [4.69, 9.17) is 13.9 Å². The van der Waals surface area contributed by atoms with Crippen LogP contribution < -0.4 is 5.32 Å². The lowest BCUT2D eigenvalue weighted by atomic mass is 10.2. The number of rotatable bonds is 7. The number of hydrogen-bond donors (Lipinski definition) is 1. The molecule has 0 aromatic carbocycles. The van der Waals surface area contributed by atoms with E-state index in [2.05, 4.69) is 12.2 Å². The van der Waals surface area contributed by atoms with Crippen LogP contribution in [0.4, 0.5) is 4.79 Å². The van der Waals surface area contributed by atoms with Gasteiger partial charge in [0.1, 0.15) is 12.7 Å². The molecule has 2 atom stereocenters. The molecule has 0 spiro atoms. The van der Waals surface area contributed by atoms with Gasteiger partial charge < -0.3 is 19.2 Å². The normalized spacial score (nSPS) is 21.6. The van der Waals surface area contributed by atoms with Gasteiger partial charge in [-0.1, -0.05) is 6.92 Å². The van der Waals surface area contributed by atoms with Gasteiger partial charge in [-0.05, 0) is 12.0 Å². The summed E-state index contributed by atoms with van der Waals surface area (Å²) in [4.78, 5) is 11.1. The Morgan fingerprint density at radius 2 is 2.47 bits per heavy atom. The number of carbonyl (C=O) groups is 1. The first-order valence-electron chi connectivity index (χ1n) is 5.23. The van der Waals surface area contributed by atoms with Gasteiger partial charge in [0.05, 0.1) is 6.61 Å². The van der Waals surface area contributed by atoms with Crippen molar-refractivity contribution >= 4 is 15.9 Å². The zero-order chi connectivity index (χ0) is 11.1. The Morgan fingerprint density at radius 3 is 3.07 bits per heavy atom. The zero-order valence-electron chi connectivity index (χ0n) is 9.32. The van der Waals surface area contributed by atoms with E-state index in [-0.39, 0.29) is 12.2 Å². The summed E-state index contributed by atoms with van der Waals surface area (Å²) in [5.41, 5.74) is 0. The predicted molar refractivity (Wildman–Crippen MR) is 58.6 cm³/mol. The highest BCUT2D eigenvalue weighted by molar-refractivity contribution is 6.27. The Labute approximate surface area is 92.4 Å². The van der Waals surface area contributed by atoms with Crippen LogP contribution in [-0.2, 0) is 13.9 Å². The minimum Gasteiger partial charge on any atom is -0.447 e. The van der Waals surface area contributed by atoms with Crippen molar-refractivity contribution in [2.75, 3.05) is 26.9 Å². The molecule has 88 valence electrons. The number of ether oxygens (including phenoxy) is 2. The minimum absolute atomic E-state index is 0.133. The number of hydrogen-bond acceptors (Lipinski definition) is 4. The molecule has 1 saturated heterocycles. The van der Waals surface area contributed by atoms with Crippen molar-refractivity contribution in [2.45, 2.75) is 19.1 Å². The highest BCUT2D eigenvalue weighted by Crippen LogP contribution is 2.08. The average molecular weight is 233 g/mol. The summed E-state index contributed by atoms with van der Waals surface area (Å²) in [5.74, 6) is 0.460. The SMILES string of the molecule is CO[SiH2]CC(C)CNC(=O)OCC1CO1. The number of carbonyl (C=O) groups excluding carboxylic acids is 1. The molecule has 15 heavy (non-hydrogen) atoms. The maximum atomic E-state index is 11.1. The van der Waals surface area contributed by atoms with Crippen LogP contribution in [0.3, 0.4) is 0 Å². The zero-order valence-corrected chi connectivity index (χ0v) is 10.7. The van der Waals surface area contributed by atoms with Gasteiger partial charge in [-0.15, -0.1) is 0 Å². The quantitative estimate of drug-likeness (QED) is 0.492. The van der Waals surface area contributed by atoms with E-state index in [0.29, 0.717) is 25.7 Å². The van der Waals surface area contributed by atoms with Crippen molar-refractivity contribution in [1.29, 1.82) is 0 Å². The van der Waals surface area contributed by atoms with Gasteiger partial charge in [0.2, 0.25) is 0 Å². The standard InChI is InChI=1S/C9H19NO4Si/c1-7(6-15-12-2)3-10-9(11)14-5-8-4-13-8/h7-8H,3-6,15H2,1-2H3,(H,10,11). The largest absolute Gasteiger partial charge is 0.447 e. The van der Waals surface area contributed by atoms with Crippen molar-refractivity contribution < 1.29 is 18.7 Å². The third-order valence-electron chi connectivity index (χ3n) is 2.21. The molecule has 0 bridgehead atoms. The topological polar surface area (TPSA) is 60.1 Å². The van der Waals surface area contributed by atoms with E-state index in [0.717, 1.165) is 6.04 Å². The van der Waals surface area contributed by atoms with Gasteiger partial charge in [0, 0.05) is 13.7 Å².